The molecule has 2 aromatic rings. The lowest BCUT2D eigenvalue weighted by atomic mass is 10.1. The number of hydrogen-bond donors (Lipinski definition) is 0. The van der Waals surface area contributed by atoms with Gasteiger partial charge >= 0.3 is 0 Å². The van der Waals surface area contributed by atoms with Gasteiger partial charge in [0, 0.05) is 45.5 Å². The van der Waals surface area contributed by atoms with E-state index < -0.39 is 0 Å². The molecule has 1 aliphatic heterocycles. The summed E-state index contributed by atoms with van der Waals surface area (Å²) in [6.45, 7) is 4.69. The third-order valence-corrected chi connectivity index (χ3v) is 4.55. The average molecular weight is 328 g/mol. The molecular weight excluding hydrogens is 304 g/mol. The van der Waals surface area contributed by atoms with Gasteiger partial charge in [0.1, 0.15) is 17.3 Å². The van der Waals surface area contributed by atoms with Crippen molar-refractivity contribution in [2.45, 2.75) is 26.1 Å². The van der Waals surface area contributed by atoms with E-state index >= 15 is 0 Å². The fourth-order valence-corrected chi connectivity index (χ4v) is 3.14. The van der Waals surface area contributed by atoms with E-state index in [1.807, 2.05) is 24.4 Å². The number of imidazole rings is 1. The Morgan fingerprint density at radius 3 is 2.79 bits per heavy atom. The zero-order valence-corrected chi connectivity index (χ0v) is 14.7. The summed E-state index contributed by atoms with van der Waals surface area (Å²) in [5.41, 5.74) is 1.68. The average Bonchev–Trinajstić information content (AvgIpc) is 3.02. The number of benzene rings is 1. The van der Waals surface area contributed by atoms with Crippen LogP contribution in [-0.4, -0.2) is 53.0 Å². The van der Waals surface area contributed by atoms with Crippen molar-refractivity contribution in [1.82, 2.24) is 19.4 Å². The highest BCUT2D eigenvalue weighted by atomic mass is 16.5. The molecule has 1 atom stereocenters. The first-order chi connectivity index (χ1) is 11.5. The molecule has 0 radical (unpaired) electrons. The summed E-state index contributed by atoms with van der Waals surface area (Å²) in [4.78, 5) is 20.7. The van der Waals surface area contributed by atoms with Gasteiger partial charge in [-0.1, -0.05) is 18.2 Å². The maximum Gasteiger partial charge on any atom is 0.273 e. The smallest absolute Gasteiger partial charge is 0.273 e. The molecule has 0 fully saturated rings. The van der Waals surface area contributed by atoms with Crippen molar-refractivity contribution in [3.8, 4) is 5.75 Å². The fraction of sp³-hybridized carbons (Fsp3) is 0.444. The largest absolute Gasteiger partial charge is 0.496 e. The van der Waals surface area contributed by atoms with Crippen LogP contribution in [-0.2, 0) is 13.1 Å². The molecule has 1 aromatic heterocycles. The highest BCUT2D eigenvalue weighted by Gasteiger charge is 2.28. The summed E-state index contributed by atoms with van der Waals surface area (Å²) in [5.74, 6) is 1.80. The zero-order chi connectivity index (χ0) is 17.3. The molecule has 1 aliphatic rings. The van der Waals surface area contributed by atoms with Crippen LogP contribution in [0.4, 0.5) is 0 Å². The quantitative estimate of drug-likeness (QED) is 0.863. The number of rotatable bonds is 4. The van der Waals surface area contributed by atoms with Gasteiger partial charge < -0.3 is 14.2 Å². The third kappa shape index (κ3) is 3.01. The van der Waals surface area contributed by atoms with Crippen LogP contribution >= 0.6 is 0 Å². The fourth-order valence-electron chi connectivity index (χ4n) is 3.14. The zero-order valence-electron chi connectivity index (χ0n) is 14.7. The van der Waals surface area contributed by atoms with Crippen LogP contribution in [0.2, 0.25) is 0 Å². The Morgan fingerprint density at radius 2 is 2.08 bits per heavy atom. The van der Waals surface area contributed by atoms with E-state index in [1.165, 1.54) is 0 Å². The molecule has 1 unspecified atom stereocenters. The minimum atomic E-state index is -0.0552. The van der Waals surface area contributed by atoms with E-state index in [2.05, 4.69) is 27.4 Å². The molecule has 0 N–H and O–H groups in total. The predicted molar refractivity (Wildman–Crippen MR) is 92.1 cm³/mol. The summed E-state index contributed by atoms with van der Waals surface area (Å²) in [6, 6.07) is 8.23. The van der Waals surface area contributed by atoms with Gasteiger partial charge in [0.25, 0.3) is 5.91 Å². The Hall–Kier alpha value is -2.34. The van der Waals surface area contributed by atoms with Crippen LogP contribution in [0.3, 0.4) is 0 Å². The van der Waals surface area contributed by atoms with Gasteiger partial charge in [-0.25, -0.2) is 4.98 Å². The van der Waals surface area contributed by atoms with Gasteiger partial charge in [-0.2, -0.15) is 0 Å². The lowest BCUT2D eigenvalue weighted by Crippen LogP contribution is -2.36. The first-order valence-corrected chi connectivity index (χ1v) is 8.16. The van der Waals surface area contributed by atoms with Crippen molar-refractivity contribution in [1.29, 1.82) is 0 Å². The van der Waals surface area contributed by atoms with Crippen molar-refractivity contribution in [3.63, 3.8) is 0 Å². The normalized spacial score (nSPS) is 17.4. The molecular formula is C18H24N4O2. The molecule has 0 saturated heterocycles. The lowest BCUT2D eigenvalue weighted by molar-refractivity contribution is 0.0822. The second kappa shape index (κ2) is 6.65. The summed E-state index contributed by atoms with van der Waals surface area (Å²) in [5, 5.41) is 0. The number of fused-ring (bicyclic) bond motifs is 1. The van der Waals surface area contributed by atoms with E-state index in [4.69, 9.17) is 4.74 Å². The van der Waals surface area contributed by atoms with Crippen LogP contribution < -0.4 is 4.74 Å². The molecule has 3 rings (SSSR count). The van der Waals surface area contributed by atoms with Crippen LogP contribution in [0.25, 0.3) is 0 Å². The molecule has 0 saturated carbocycles. The topological polar surface area (TPSA) is 50.6 Å². The number of amides is 1. The first-order valence-electron chi connectivity index (χ1n) is 8.16. The van der Waals surface area contributed by atoms with E-state index in [1.54, 1.807) is 26.1 Å². The van der Waals surface area contributed by atoms with Crippen LogP contribution in [0.15, 0.2) is 30.5 Å². The molecule has 1 amide bonds. The SMILES string of the molecule is COc1ccccc1CN1CCn2cc(C(=O)N(C)C)nc2C1C. The first kappa shape index (κ1) is 16.5. The molecule has 1 aromatic carbocycles. The van der Waals surface area contributed by atoms with Crippen LogP contribution in [0.5, 0.6) is 5.75 Å². The second-order valence-corrected chi connectivity index (χ2v) is 6.34. The highest BCUT2D eigenvalue weighted by molar-refractivity contribution is 5.91. The summed E-state index contributed by atoms with van der Waals surface area (Å²) in [7, 11) is 5.19. The van der Waals surface area contributed by atoms with Gasteiger partial charge in [-0.3, -0.25) is 9.69 Å². The Labute approximate surface area is 142 Å². The van der Waals surface area contributed by atoms with Crippen molar-refractivity contribution in [3.05, 3.63) is 47.5 Å². The maximum absolute atomic E-state index is 12.1. The van der Waals surface area contributed by atoms with Gasteiger partial charge in [0.2, 0.25) is 0 Å². The predicted octanol–water partition coefficient (Wildman–Crippen LogP) is 2.17. The van der Waals surface area contributed by atoms with Gasteiger partial charge in [-0.05, 0) is 13.0 Å². The molecule has 128 valence electrons. The standard InChI is InChI=1S/C18H24N4O2/c1-13-17-19-15(18(23)20(2)3)12-22(17)10-9-21(13)11-14-7-5-6-8-16(14)24-4/h5-8,12-13H,9-11H2,1-4H3. The molecule has 2 heterocycles. The Morgan fingerprint density at radius 1 is 1.33 bits per heavy atom. The number of ether oxygens (including phenoxy) is 1. The summed E-state index contributed by atoms with van der Waals surface area (Å²) >= 11 is 0. The Bertz CT molecular complexity index is 738. The Kier molecular flexibility index (Phi) is 4.57. The van der Waals surface area contributed by atoms with Gasteiger partial charge in [0.05, 0.1) is 13.2 Å². The van der Waals surface area contributed by atoms with Crippen LogP contribution in [0.1, 0.15) is 34.8 Å². The molecule has 6 nitrogen and oxygen atoms in total. The minimum Gasteiger partial charge on any atom is -0.496 e. The van der Waals surface area contributed by atoms with E-state index in [-0.39, 0.29) is 11.9 Å². The van der Waals surface area contributed by atoms with E-state index in [0.29, 0.717) is 5.69 Å². The number of nitrogens with zero attached hydrogens (tertiary/aromatic N) is 4. The number of carbonyl (C=O) groups excluding carboxylic acids is 1. The van der Waals surface area contributed by atoms with E-state index in [0.717, 1.165) is 36.8 Å². The number of methoxy groups -OCH3 is 1. The third-order valence-electron chi connectivity index (χ3n) is 4.55. The van der Waals surface area contributed by atoms with Gasteiger partial charge in [-0.15, -0.1) is 0 Å². The highest BCUT2D eigenvalue weighted by Crippen LogP contribution is 2.28. The lowest BCUT2D eigenvalue weighted by Gasteiger charge is -2.34. The number of carbonyl (C=O) groups is 1. The van der Waals surface area contributed by atoms with Crippen molar-refractivity contribution >= 4 is 5.91 Å². The van der Waals surface area contributed by atoms with E-state index in [9.17, 15) is 4.79 Å². The Balaban J connectivity index is 1.82. The summed E-state index contributed by atoms with van der Waals surface area (Å²) in [6.07, 6.45) is 1.87. The molecule has 0 spiro atoms. The molecule has 24 heavy (non-hydrogen) atoms. The van der Waals surface area contributed by atoms with Gasteiger partial charge in [0.15, 0.2) is 0 Å². The summed E-state index contributed by atoms with van der Waals surface area (Å²) < 4.78 is 7.55. The van der Waals surface area contributed by atoms with Crippen molar-refractivity contribution < 1.29 is 9.53 Å². The maximum atomic E-state index is 12.1. The second-order valence-electron chi connectivity index (χ2n) is 6.34. The monoisotopic (exact) mass is 328 g/mol. The molecule has 0 bridgehead atoms. The van der Waals surface area contributed by atoms with Crippen LogP contribution in [0, 0.1) is 0 Å². The van der Waals surface area contributed by atoms with Crippen molar-refractivity contribution in [2.24, 2.45) is 0 Å². The number of hydrogen-bond acceptors (Lipinski definition) is 4. The minimum absolute atomic E-state index is 0.0552. The number of para-hydroxylation sites is 1. The molecule has 6 heteroatoms. The molecule has 0 aliphatic carbocycles. The van der Waals surface area contributed by atoms with Crippen molar-refractivity contribution in [2.75, 3.05) is 27.7 Å². The number of aromatic nitrogens is 2.